The summed E-state index contributed by atoms with van der Waals surface area (Å²) < 4.78 is 4.97. The number of amides is 2. The number of hydrogen-bond acceptors (Lipinski definition) is 4. The van der Waals surface area contributed by atoms with Crippen LogP contribution in [-0.4, -0.2) is 48.3 Å². The normalized spacial score (nSPS) is 15.5. The molecule has 1 aliphatic rings. The molecular formula is C13H16N2O4. The summed E-state index contributed by atoms with van der Waals surface area (Å²) in [6.45, 7) is 5.39. The molecule has 0 N–H and O–H groups in total. The van der Waals surface area contributed by atoms with E-state index in [-0.39, 0.29) is 5.91 Å². The molecule has 0 aromatic carbocycles. The number of carbonyl (C=O) groups excluding carboxylic acids is 2. The number of carbonyl (C=O) groups is 2. The van der Waals surface area contributed by atoms with Gasteiger partial charge in [0, 0.05) is 32.2 Å². The number of piperazine rings is 1. The second-order valence-corrected chi connectivity index (χ2v) is 4.61. The Hall–Kier alpha value is -2.11. The molecule has 2 amide bonds. The summed E-state index contributed by atoms with van der Waals surface area (Å²) >= 11 is 0. The van der Waals surface area contributed by atoms with Crippen LogP contribution in [0.4, 0.5) is 0 Å². The van der Waals surface area contributed by atoms with E-state index in [0.717, 1.165) is 6.41 Å². The molecule has 0 spiro atoms. The molecule has 0 aliphatic carbocycles. The van der Waals surface area contributed by atoms with Crippen molar-refractivity contribution in [2.45, 2.75) is 13.8 Å². The van der Waals surface area contributed by atoms with Gasteiger partial charge in [-0.2, -0.15) is 0 Å². The third kappa shape index (κ3) is 2.67. The lowest BCUT2D eigenvalue weighted by Gasteiger charge is -2.32. The van der Waals surface area contributed by atoms with Gasteiger partial charge in [-0.3, -0.25) is 9.59 Å². The Morgan fingerprint density at radius 3 is 2.42 bits per heavy atom. The van der Waals surface area contributed by atoms with Crippen LogP contribution in [-0.2, 0) is 4.79 Å². The fraction of sp³-hybridized carbons (Fsp3) is 0.462. The van der Waals surface area contributed by atoms with Gasteiger partial charge in [0.25, 0.3) is 5.91 Å². The predicted molar refractivity (Wildman–Crippen MR) is 68.0 cm³/mol. The summed E-state index contributed by atoms with van der Waals surface area (Å²) in [6.07, 6.45) is 0.792. The quantitative estimate of drug-likeness (QED) is 0.714. The van der Waals surface area contributed by atoms with Crippen LogP contribution in [0.25, 0.3) is 0 Å². The molecular weight excluding hydrogens is 248 g/mol. The van der Waals surface area contributed by atoms with E-state index in [1.54, 1.807) is 23.6 Å². The van der Waals surface area contributed by atoms with Crippen molar-refractivity contribution < 1.29 is 14.0 Å². The first-order valence-electron chi connectivity index (χ1n) is 6.13. The molecule has 1 aliphatic heterocycles. The van der Waals surface area contributed by atoms with E-state index in [1.165, 1.54) is 6.07 Å². The van der Waals surface area contributed by atoms with Crippen LogP contribution in [0.15, 0.2) is 15.3 Å². The Bertz CT molecular complexity index is 530. The fourth-order valence-electron chi connectivity index (χ4n) is 2.27. The minimum Gasteiger partial charge on any atom is -0.427 e. The zero-order valence-electron chi connectivity index (χ0n) is 11.0. The van der Waals surface area contributed by atoms with E-state index in [0.29, 0.717) is 43.1 Å². The molecule has 1 aromatic heterocycles. The smallest absolute Gasteiger partial charge is 0.336 e. The molecule has 1 saturated heterocycles. The van der Waals surface area contributed by atoms with Gasteiger partial charge in [-0.25, -0.2) is 4.79 Å². The van der Waals surface area contributed by atoms with Crippen LogP contribution in [0.1, 0.15) is 21.7 Å². The second kappa shape index (κ2) is 5.26. The maximum absolute atomic E-state index is 12.4. The van der Waals surface area contributed by atoms with Crippen LogP contribution in [0.3, 0.4) is 0 Å². The van der Waals surface area contributed by atoms with Gasteiger partial charge in [-0.15, -0.1) is 0 Å². The molecule has 0 unspecified atom stereocenters. The summed E-state index contributed by atoms with van der Waals surface area (Å²) in [5.41, 5.74) is 0.619. The van der Waals surface area contributed by atoms with Gasteiger partial charge >= 0.3 is 5.63 Å². The highest BCUT2D eigenvalue weighted by atomic mass is 16.4. The van der Waals surface area contributed by atoms with Crippen molar-refractivity contribution >= 4 is 12.3 Å². The highest BCUT2D eigenvalue weighted by Gasteiger charge is 2.24. The highest BCUT2D eigenvalue weighted by molar-refractivity contribution is 5.96. The lowest BCUT2D eigenvalue weighted by atomic mass is 10.1. The van der Waals surface area contributed by atoms with Gasteiger partial charge in [-0.1, -0.05) is 0 Å². The molecule has 0 bridgehead atoms. The third-order valence-corrected chi connectivity index (χ3v) is 3.30. The van der Waals surface area contributed by atoms with E-state index in [1.807, 2.05) is 0 Å². The Morgan fingerprint density at radius 2 is 1.89 bits per heavy atom. The first-order chi connectivity index (χ1) is 9.02. The summed E-state index contributed by atoms with van der Waals surface area (Å²) in [5, 5.41) is 0. The Kier molecular flexibility index (Phi) is 3.69. The SMILES string of the molecule is Cc1cc(=O)oc(C)c1C(=O)N1CCN(C=O)CC1. The summed E-state index contributed by atoms with van der Waals surface area (Å²) in [4.78, 5) is 37.5. The Balaban J connectivity index is 2.21. The molecule has 0 atom stereocenters. The van der Waals surface area contributed by atoms with Crippen LogP contribution in [0, 0.1) is 13.8 Å². The highest BCUT2D eigenvalue weighted by Crippen LogP contribution is 2.15. The van der Waals surface area contributed by atoms with Crippen LogP contribution < -0.4 is 5.63 Å². The van der Waals surface area contributed by atoms with Gasteiger partial charge in [0.05, 0.1) is 5.56 Å². The molecule has 19 heavy (non-hydrogen) atoms. The Labute approximate surface area is 110 Å². The monoisotopic (exact) mass is 264 g/mol. The van der Waals surface area contributed by atoms with Crippen LogP contribution in [0.2, 0.25) is 0 Å². The summed E-state index contributed by atoms with van der Waals surface area (Å²) in [7, 11) is 0. The number of aryl methyl sites for hydroxylation is 2. The number of rotatable bonds is 2. The topological polar surface area (TPSA) is 70.8 Å². The van der Waals surface area contributed by atoms with E-state index in [2.05, 4.69) is 0 Å². The molecule has 6 heteroatoms. The molecule has 2 heterocycles. The summed E-state index contributed by atoms with van der Waals surface area (Å²) in [5.74, 6) is 0.192. The average Bonchev–Trinajstić information content (AvgIpc) is 2.37. The third-order valence-electron chi connectivity index (χ3n) is 3.30. The van der Waals surface area contributed by atoms with Crippen LogP contribution in [0.5, 0.6) is 0 Å². The first kappa shape index (κ1) is 13.3. The van der Waals surface area contributed by atoms with Crippen molar-refractivity contribution in [1.29, 1.82) is 0 Å². The fourth-order valence-corrected chi connectivity index (χ4v) is 2.27. The molecule has 1 aromatic rings. The molecule has 6 nitrogen and oxygen atoms in total. The number of nitrogens with zero attached hydrogens (tertiary/aromatic N) is 2. The van der Waals surface area contributed by atoms with Crippen molar-refractivity contribution in [3.63, 3.8) is 0 Å². The minimum absolute atomic E-state index is 0.149. The second-order valence-electron chi connectivity index (χ2n) is 4.61. The summed E-state index contributed by atoms with van der Waals surface area (Å²) in [6, 6.07) is 1.32. The van der Waals surface area contributed by atoms with Crippen molar-refractivity contribution in [3.05, 3.63) is 33.4 Å². The van der Waals surface area contributed by atoms with E-state index in [4.69, 9.17) is 4.42 Å². The van der Waals surface area contributed by atoms with E-state index in [9.17, 15) is 14.4 Å². The zero-order valence-corrected chi connectivity index (χ0v) is 11.0. The zero-order chi connectivity index (χ0) is 14.0. The lowest BCUT2D eigenvalue weighted by molar-refractivity contribution is -0.119. The maximum Gasteiger partial charge on any atom is 0.336 e. The minimum atomic E-state index is -0.447. The van der Waals surface area contributed by atoms with Crippen molar-refractivity contribution in [2.24, 2.45) is 0 Å². The molecule has 2 rings (SSSR count). The van der Waals surface area contributed by atoms with Crippen molar-refractivity contribution in [3.8, 4) is 0 Å². The van der Waals surface area contributed by atoms with Gasteiger partial charge in [0.15, 0.2) is 0 Å². The van der Waals surface area contributed by atoms with Crippen LogP contribution >= 0.6 is 0 Å². The van der Waals surface area contributed by atoms with Gasteiger partial charge in [0.1, 0.15) is 5.76 Å². The molecule has 0 radical (unpaired) electrons. The standard InChI is InChI=1S/C13H16N2O4/c1-9-7-11(17)19-10(2)12(9)13(18)15-5-3-14(8-16)4-6-15/h7-8H,3-6H2,1-2H3. The van der Waals surface area contributed by atoms with E-state index >= 15 is 0 Å². The average molecular weight is 264 g/mol. The largest absolute Gasteiger partial charge is 0.427 e. The van der Waals surface area contributed by atoms with Gasteiger partial charge < -0.3 is 14.2 Å². The predicted octanol–water partition coefficient (Wildman–Crippen LogP) is 0.171. The first-order valence-corrected chi connectivity index (χ1v) is 6.13. The van der Waals surface area contributed by atoms with Crippen molar-refractivity contribution in [2.75, 3.05) is 26.2 Å². The van der Waals surface area contributed by atoms with E-state index < -0.39 is 5.63 Å². The molecule has 102 valence electrons. The molecule has 1 fully saturated rings. The van der Waals surface area contributed by atoms with Gasteiger partial charge in [0.2, 0.25) is 6.41 Å². The maximum atomic E-state index is 12.4. The van der Waals surface area contributed by atoms with Crippen molar-refractivity contribution in [1.82, 2.24) is 9.80 Å². The van der Waals surface area contributed by atoms with Gasteiger partial charge in [-0.05, 0) is 19.4 Å². The lowest BCUT2D eigenvalue weighted by Crippen LogP contribution is -2.48. The Morgan fingerprint density at radius 1 is 1.26 bits per heavy atom. The molecule has 0 saturated carbocycles. The number of hydrogen-bond donors (Lipinski definition) is 0.